The summed E-state index contributed by atoms with van der Waals surface area (Å²) in [4.78, 5) is 2.40. The predicted octanol–water partition coefficient (Wildman–Crippen LogP) is 1.49. The Morgan fingerprint density at radius 3 is 2.53 bits per heavy atom. The number of benzene rings is 1. The number of hydrogen-bond donors (Lipinski definition) is 2. The van der Waals surface area contributed by atoms with E-state index in [1.54, 1.807) is 0 Å². The molecule has 0 unspecified atom stereocenters. The molecule has 1 aliphatic heterocycles. The standard InChI is InChI=1S/C14H20N2O/c17-12-2-1-3-13-4-6-14(7-5-13)16-10-8-15-9-11-16/h1,3-7,15,17H,2,8-12H2. The Balaban J connectivity index is 1.97. The molecule has 2 rings (SSSR count). The maximum Gasteiger partial charge on any atom is 0.0465 e. The summed E-state index contributed by atoms with van der Waals surface area (Å²) in [6.45, 7) is 4.52. The van der Waals surface area contributed by atoms with Crippen molar-refractivity contribution >= 4 is 11.8 Å². The quantitative estimate of drug-likeness (QED) is 0.825. The van der Waals surface area contributed by atoms with Gasteiger partial charge in [0.25, 0.3) is 0 Å². The zero-order valence-corrected chi connectivity index (χ0v) is 10.1. The van der Waals surface area contributed by atoms with Gasteiger partial charge in [-0.05, 0) is 24.1 Å². The molecule has 0 aromatic heterocycles. The summed E-state index contributed by atoms with van der Waals surface area (Å²) < 4.78 is 0. The van der Waals surface area contributed by atoms with Crippen LogP contribution in [0.3, 0.4) is 0 Å². The van der Waals surface area contributed by atoms with Crippen LogP contribution >= 0.6 is 0 Å². The van der Waals surface area contributed by atoms with Crippen LogP contribution in [0.1, 0.15) is 12.0 Å². The maximum absolute atomic E-state index is 8.69. The molecule has 0 amide bonds. The predicted molar refractivity (Wildman–Crippen MR) is 72.3 cm³/mol. The second kappa shape index (κ2) is 6.42. The Morgan fingerprint density at radius 1 is 1.18 bits per heavy atom. The van der Waals surface area contributed by atoms with Crippen LogP contribution in [0, 0.1) is 0 Å². The zero-order chi connectivity index (χ0) is 11.9. The Hall–Kier alpha value is -1.32. The maximum atomic E-state index is 8.69. The van der Waals surface area contributed by atoms with Gasteiger partial charge in [0.05, 0.1) is 0 Å². The number of nitrogens with zero attached hydrogens (tertiary/aromatic N) is 1. The van der Waals surface area contributed by atoms with E-state index in [0.717, 1.165) is 32.6 Å². The van der Waals surface area contributed by atoms with E-state index in [9.17, 15) is 0 Å². The van der Waals surface area contributed by atoms with Gasteiger partial charge in [-0.2, -0.15) is 0 Å². The number of rotatable bonds is 4. The molecular formula is C14H20N2O. The van der Waals surface area contributed by atoms with E-state index in [-0.39, 0.29) is 6.61 Å². The molecule has 92 valence electrons. The highest BCUT2D eigenvalue weighted by molar-refractivity contribution is 5.56. The lowest BCUT2D eigenvalue weighted by Crippen LogP contribution is -2.43. The molecule has 1 fully saturated rings. The lowest BCUT2D eigenvalue weighted by atomic mass is 10.1. The number of hydrogen-bond acceptors (Lipinski definition) is 3. The number of nitrogens with one attached hydrogen (secondary N) is 1. The van der Waals surface area contributed by atoms with Crippen LogP contribution in [-0.2, 0) is 0 Å². The van der Waals surface area contributed by atoms with Gasteiger partial charge in [-0.25, -0.2) is 0 Å². The summed E-state index contributed by atoms with van der Waals surface area (Å²) in [6, 6.07) is 8.60. The molecule has 0 spiro atoms. The molecule has 1 aromatic carbocycles. The highest BCUT2D eigenvalue weighted by Gasteiger charge is 2.09. The van der Waals surface area contributed by atoms with E-state index in [1.807, 2.05) is 6.08 Å². The fraction of sp³-hybridized carbons (Fsp3) is 0.429. The van der Waals surface area contributed by atoms with Crippen molar-refractivity contribution in [3.63, 3.8) is 0 Å². The molecule has 0 bridgehead atoms. The van der Waals surface area contributed by atoms with Crippen molar-refractivity contribution < 1.29 is 5.11 Å². The van der Waals surface area contributed by atoms with Crippen molar-refractivity contribution in [2.75, 3.05) is 37.7 Å². The summed E-state index contributed by atoms with van der Waals surface area (Å²) in [7, 11) is 0. The molecule has 1 aromatic rings. The van der Waals surface area contributed by atoms with Crippen LogP contribution in [0.2, 0.25) is 0 Å². The van der Waals surface area contributed by atoms with Crippen LogP contribution in [0.4, 0.5) is 5.69 Å². The van der Waals surface area contributed by atoms with Crippen LogP contribution < -0.4 is 10.2 Å². The smallest absolute Gasteiger partial charge is 0.0465 e. The second-order valence-corrected chi connectivity index (χ2v) is 4.24. The van der Waals surface area contributed by atoms with Crippen LogP contribution in [0.5, 0.6) is 0 Å². The first-order valence-electron chi connectivity index (χ1n) is 6.23. The van der Waals surface area contributed by atoms with E-state index in [2.05, 4.69) is 40.6 Å². The van der Waals surface area contributed by atoms with Gasteiger partial charge in [0.1, 0.15) is 0 Å². The first-order chi connectivity index (χ1) is 8.40. The molecule has 1 saturated heterocycles. The molecule has 0 atom stereocenters. The molecule has 1 heterocycles. The normalized spacial score (nSPS) is 16.6. The summed E-state index contributed by atoms with van der Waals surface area (Å²) >= 11 is 0. The second-order valence-electron chi connectivity index (χ2n) is 4.24. The average molecular weight is 232 g/mol. The van der Waals surface area contributed by atoms with Gasteiger partial charge >= 0.3 is 0 Å². The molecular weight excluding hydrogens is 212 g/mol. The fourth-order valence-electron chi connectivity index (χ4n) is 2.01. The first-order valence-corrected chi connectivity index (χ1v) is 6.23. The van der Waals surface area contributed by atoms with E-state index < -0.39 is 0 Å². The summed E-state index contributed by atoms with van der Waals surface area (Å²) in [5.74, 6) is 0. The van der Waals surface area contributed by atoms with Crippen molar-refractivity contribution in [2.24, 2.45) is 0 Å². The molecule has 0 aliphatic carbocycles. The monoisotopic (exact) mass is 232 g/mol. The van der Waals surface area contributed by atoms with Crippen molar-refractivity contribution in [1.82, 2.24) is 5.32 Å². The van der Waals surface area contributed by atoms with Crippen molar-refractivity contribution in [3.05, 3.63) is 35.9 Å². The first kappa shape index (κ1) is 12.1. The third-order valence-corrected chi connectivity index (χ3v) is 2.98. The largest absolute Gasteiger partial charge is 0.396 e. The molecule has 2 N–H and O–H groups in total. The number of piperazine rings is 1. The SMILES string of the molecule is OCCC=Cc1ccc(N2CCNCC2)cc1. The minimum absolute atomic E-state index is 0.218. The average Bonchev–Trinajstić information content (AvgIpc) is 2.41. The van der Waals surface area contributed by atoms with Gasteiger partial charge in [-0.1, -0.05) is 24.3 Å². The van der Waals surface area contributed by atoms with Crippen LogP contribution in [0.25, 0.3) is 6.08 Å². The minimum atomic E-state index is 0.218. The molecule has 1 aliphatic rings. The van der Waals surface area contributed by atoms with Gasteiger partial charge in [-0.3, -0.25) is 0 Å². The van der Waals surface area contributed by atoms with Crippen LogP contribution in [0.15, 0.2) is 30.3 Å². The fourth-order valence-corrected chi connectivity index (χ4v) is 2.01. The topological polar surface area (TPSA) is 35.5 Å². The Labute approximate surface area is 103 Å². The van der Waals surface area contributed by atoms with Gasteiger partial charge in [0, 0.05) is 38.5 Å². The van der Waals surface area contributed by atoms with Crippen molar-refractivity contribution in [2.45, 2.75) is 6.42 Å². The van der Waals surface area contributed by atoms with E-state index in [0.29, 0.717) is 0 Å². The van der Waals surface area contributed by atoms with E-state index in [4.69, 9.17) is 5.11 Å². The van der Waals surface area contributed by atoms with Crippen molar-refractivity contribution in [1.29, 1.82) is 0 Å². The molecule has 3 nitrogen and oxygen atoms in total. The van der Waals surface area contributed by atoms with E-state index >= 15 is 0 Å². The van der Waals surface area contributed by atoms with Crippen molar-refractivity contribution in [3.8, 4) is 0 Å². The lowest BCUT2D eigenvalue weighted by molar-refractivity contribution is 0.303. The highest BCUT2D eigenvalue weighted by atomic mass is 16.2. The third-order valence-electron chi connectivity index (χ3n) is 2.98. The number of aliphatic hydroxyl groups is 1. The number of aliphatic hydroxyl groups excluding tert-OH is 1. The van der Waals surface area contributed by atoms with Crippen LogP contribution in [-0.4, -0.2) is 37.9 Å². The van der Waals surface area contributed by atoms with Gasteiger partial charge in [-0.15, -0.1) is 0 Å². The molecule has 3 heteroatoms. The van der Waals surface area contributed by atoms with Gasteiger partial charge in [0.2, 0.25) is 0 Å². The van der Waals surface area contributed by atoms with E-state index in [1.165, 1.54) is 11.3 Å². The molecule has 0 saturated carbocycles. The Bertz CT molecular complexity index is 353. The summed E-state index contributed by atoms with van der Waals surface area (Å²) in [5.41, 5.74) is 2.49. The summed E-state index contributed by atoms with van der Waals surface area (Å²) in [5, 5.41) is 12.0. The Kier molecular flexibility index (Phi) is 4.59. The third kappa shape index (κ3) is 3.58. The molecule has 17 heavy (non-hydrogen) atoms. The lowest BCUT2D eigenvalue weighted by Gasteiger charge is -2.29. The van der Waals surface area contributed by atoms with Gasteiger partial charge < -0.3 is 15.3 Å². The zero-order valence-electron chi connectivity index (χ0n) is 10.1. The summed E-state index contributed by atoms with van der Waals surface area (Å²) in [6.07, 6.45) is 4.77. The number of anilines is 1. The van der Waals surface area contributed by atoms with Gasteiger partial charge in [0.15, 0.2) is 0 Å². The highest BCUT2D eigenvalue weighted by Crippen LogP contribution is 2.16. The minimum Gasteiger partial charge on any atom is -0.396 e. The Morgan fingerprint density at radius 2 is 1.88 bits per heavy atom. The molecule has 0 radical (unpaired) electrons.